The molecule has 0 N–H and O–H groups in total. The summed E-state index contributed by atoms with van der Waals surface area (Å²) in [6.45, 7) is 2.21. The van der Waals surface area contributed by atoms with E-state index in [0.29, 0.717) is 0 Å². The number of para-hydroxylation sites is 3. The molecule has 3 aliphatic rings. The van der Waals surface area contributed by atoms with E-state index in [1.165, 1.54) is 55.6 Å². The molecule has 54 heavy (non-hydrogen) atoms. The van der Waals surface area contributed by atoms with Crippen LogP contribution in [0.15, 0.2) is 176 Å². The van der Waals surface area contributed by atoms with Crippen LogP contribution in [-0.2, 0) is 5.41 Å². The van der Waals surface area contributed by atoms with Crippen LogP contribution in [0.25, 0.3) is 34.4 Å². The van der Waals surface area contributed by atoms with Crippen molar-refractivity contribution in [3.63, 3.8) is 0 Å². The summed E-state index contributed by atoms with van der Waals surface area (Å²) in [4.78, 5) is 4.61. The number of aryl methyl sites for hydroxylation is 1. The van der Waals surface area contributed by atoms with Gasteiger partial charge in [0.2, 0.25) is 0 Å². The number of nitrogens with zero attached hydrogens (tertiary/aromatic N) is 2. The SMILES string of the molecule is Cc1ccc2c(c1)C1(c3ccccc3-c3ccccc31)c1cc(C=Cc3ccc(N4c5c#cccc5N(c5ccccc5)c5ccccc54)cc3)ccc1-2. The predicted molar refractivity (Wildman–Crippen MR) is 223 cm³/mol. The Kier molecular flexibility index (Phi) is 6.63. The maximum absolute atomic E-state index is 3.45. The zero-order chi connectivity index (χ0) is 35.8. The first-order valence-corrected chi connectivity index (χ1v) is 18.6. The Balaban J connectivity index is 0.974. The molecule has 1 aliphatic heterocycles. The predicted octanol–water partition coefficient (Wildman–Crippen LogP) is 13.4. The molecule has 252 valence electrons. The first-order valence-electron chi connectivity index (χ1n) is 18.6. The van der Waals surface area contributed by atoms with Crippen molar-refractivity contribution in [3.8, 4) is 22.3 Å². The summed E-state index contributed by atoms with van der Waals surface area (Å²) in [5.41, 5.74) is 20.5. The monoisotopic (exact) mass is 686 g/mol. The van der Waals surface area contributed by atoms with Crippen molar-refractivity contribution >= 4 is 46.3 Å². The molecule has 0 fully saturated rings. The number of anilines is 6. The Labute approximate surface area is 316 Å². The lowest BCUT2D eigenvalue weighted by atomic mass is 9.70. The van der Waals surface area contributed by atoms with Crippen LogP contribution in [0, 0.1) is 19.1 Å². The fraction of sp³-hybridized carbons (Fsp3) is 0.0385. The van der Waals surface area contributed by atoms with Crippen LogP contribution in [0.2, 0.25) is 0 Å². The van der Waals surface area contributed by atoms with Gasteiger partial charge < -0.3 is 4.90 Å². The molecular formula is C52H34N2. The molecule has 8 aromatic carbocycles. The van der Waals surface area contributed by atoms with Crippen molar-refractivity contribution in [2.75, 3.05) is 9.80 Å². The molecule has 0 aromatic heterocycles. The van der Waals surface area contributed by atoms with Crippen LogP contribution >= 0.6 is 0 Å². The molecule has 0 saturated heterocycles. The Morgan fingerprint density at radius 1 is 0.444 bits per heavy atom. The minimum atomic E-state index is -0.346. The quantitative estimate of drug-likeness (QED) is 0.170. The van der Waals surface area contributed by atoms with E-state index < -0.39 is 0 Å². The van der Waals surface area contributed by atoms with Crippen LogP contribution in [0.5, 0.6) is 0 Å². The molecule has 0 amide bonds. The molecule has 0 unspecified atom stereocenters. The van der Waals surface area contributed by atoms with Crippen LogP contribution in [0.3, 0.4) is 0 Å². The summed E-state index contributed by atoms with van der Waals surface area (Å²) in [6, 6.07) is 70.7. The molecule has 2 heteroatoms. The van der Waals surface area contributed by atoms with Crippen molar-refractivity contribution in [2.24, 2.45) is 0 Å². The Morgan fingerprint density at radius 2 is 1.00 bits per heavy atom. The van der Waals surface area contributed by atoms with Crippen molar-refractivity contribution in [1.82, 2.24) is 0 Å². The third-order valence-electron chi connectivity index (χ3n) is 11.5. The standard InChI is InChI=1S/C52H34N2/c1-35-23-31-42-43-32-28-37(34-47(43)52(46(42)33-35)44-17-7-5-15-40(44)41-16-6-8-18-45(41)52)25-24-36-26-29-39(30-27-36)54-50-21-11-9-19-48(50)53(38-13-3-2-4-14-38)49-20-10-12-22-51(49)54/h2-11,13-21,23-34H,1H3. The lowest BCUT2D eigenvalue weighted by molar-refractivity contribution is 0.792. The minimum Gasteiger partial charge on any atom is -0.306 e. The summed E-state index contributed by atoms with van der Waals surface area (Å²) in [5.74, 6) is 0. The highest BCUT2D eigenvalue weighted by molar-refractivity contribution is 6.01. The molecule has 0 bridgehead atoms. The molecule has 2 aliphatic carbocycles. The molecule has 2 nitrogen and oxygen atoms in total. The van der Waals surface area contributed by atoms with E-state index in [0.717, 1.165) is 39.7 Å². The van der Waals surface area contributed by atoms with E-state index in [-0.39, 0.29) is 5.41 Å². The van der Waals surface area contributed by atoms with Gasteiger partial charge in [-0.05, 0) is 123 Å². The summed E-state index contributed by atoms with van der Waals surface area (Å²) in [5, 5.41) is 0. The van der Waals surface area contributed by atoms with Crippen molar-refractivity contribution in [1.29, 1.82) is 0 Å². The van der Waals surface area contributed by atoms with E-state index in [9.17, 15) is 0 Å². The minimum absolute atomic E-state index is 0.346. The van der Waals surface area contributed by atoms with Gasteiger partial charge in [0.05, 0.1) is 22.5 Å². The molecule has 0 atom stereocenters. The molecule has 1 heterocycles. The Hall–Kier alpha value is -7.08. The molecule has 11 rings (SSSR count). The lowest BCUT2D eigenvalue weighted by Crippen LogP contribution is -2.26. The van der Waals surface area contributed by atoms with E-state index in [1.54, 1.807) is 0 Å². The second-order valence-corrected chi connectivity index (χ2v) is 14.5. The van der Waals surface area contributed by atoms with Crippen LogP contribution in [0.4, 0.5) is 34.1 Å². The third kappa shape index (κ3) is 4.30. The normalized spacial score (nSPS) is 13.9. The van der Waals surface area contributed by atoms with E-state index in [2.05, 4.69) is 211 Å². The van der Waals surface area contributed by atoms with Gasteiger partial charge in [-0.3, -0.25) is 4.90 Å². The first-order chi connectivity index (χ1) is 26.7. The molecule has 0 radical (unpaired) electrons. The number of benzene rings is 7. The van der Waals surface area contributed by atoms with Gasteiger partial charge >= 0.3 is 0 Å². The zero-order valence-corrected chi connectivity index (χ0v) is 29.8. The van der Waals surface area contributed by atoms with Crippen LogP contribution < -0.4 is 9.80 Å². The smallest absolute Gasteiger partial charge is 0.122 e. The number of fused-ring (bicyclic) bond motifs is 12. The van der Waals surface area contributed by atoms with Crippen LogP contribution in [-0.4, -0.2) is 0 Å². The highest BCUT2D eigenvalue weighted by Gasteiger charge is 2.51. The molecule has 0 saturated carbocycles. The maximum atomic E-state index is 3.45. The van der Waals surface area contributed by atoms with E-state index in [4.69, 9.17) is 0 Å². The van der Waals surface area contributed by atoms with Gasteiger partial charge in [0.15, 0.2) is 0 Å². The van der Waals surface area contributed by atoms with Crippen LogP contribution in [0.1, 0.15) is 38.9 Å². The number of rotatable bonds is 4. The second kappa shape index (κ2) is 11.7. The summed E-state index contributed by atoms with van der Waals surface area (Å²) < 4.78 is 0. The second-order valence-electron chi connectivity index (χ2n) is 14.5. The summed E-state index contributed by atoms with van der Waals surface area (Å²) in [7, 11) is 0. The number of hydrogen-bond donors (Lipinski definition) is 0. The largest absolute Gasteiger partial charge is 0.306 e. The van der Waals surface area contributed by atoms with Gasteiger partial charge in [-0.1, -0.05) is 145 Å². The van der Waals surface area contributed by atoms with E-state index in [1.807, 2.05) is 6.07 Å². The maximum Gasteiger partial charge on any atom is 0.122 e. The van der Waals surface area contributed by atoms with Gasteiger partial charge in [-0.25, -0.2) is 0 Å². The lowest BCUT2D eigenvalue weighted by Gasteiger charge is -2.39. The highest BCUT2D eigenvalue weighted by atomic mass is 15.3. The van der Waals surface area contributed by atoms with E-state index >= 15 is 0 Å². The Bertz CT molecular complexity index is 2700. The molecule has 1 spiro atoms. The molecule has 8 aromatic rings. The van der Waals surface area contributed by atoms with Gasteiger partial charge in [0.25, 0.3) is 0 Å². The third-order valence-corrected chi connectivity index (χ3v) is 11.5. The first kappa shape index (κ1) is 30.5. The van der Waals surface area contributed by atoms with Crippen molar-refractivity contribution < 1.29 is 0 Å². The summed E-state index contributed by atoms with van der Waals surface area (Å²) >= 11 is 0. The molecular weight excluding hydrogens is 653 g/mol. The van der Waals surface area contributed by atoms with Crippen molar-refractivity contribution in [2.45, 2.75) is 12.3 Å². The van der Waals surface area contributed by atoms with Gasteiger partial charge in [0.1, 0.15) is 5.69 Å². The average Bonchev–Trinajstić information content (AvgIpc) is 3.69. The average molecular weight is 687 g/mol. The fourth-order valence-corrected chi connectivity index (χ4v) is 9.24. The Morgan fingerprint density at radius 3 is 1.74 bits per heavy atom. The van der Waals surface area contributed by atoms with Crippen molar-refractivity contribution in [3.05, 3.63) is 227 Å². The summed E-state index contributed by atoms with van der Waals surface area (Å²) in [6.07, 6.45) is 4.49. The van der Waals surface area contributed by atoms with Gasteiger partial charge in [0, 0.05) is 11.4 Å². The topological polar surface area (TPSA) is 6.48 Å². The fourth-order valence-electron chi connectivity index (χ4n) is 9.24. The number of hydrogen-bond acceptors (Lipinski definition) is 2. The van der Waals surface area contributed by atoms with Gasteiger partial charge in [-0.15, -0.1) is 0 Å². The highest BCUT2D eigenvalue weighted by Crippen LogP contribution is 2.63. The zero-order valence-electron chi connectivity index (χ0n) is 29.8. The van der Waals surface area contributed by atoms with Gasteiger partial charge in [-0.2, -0.15) is 0 Å².